The van der Waals surface area contributed by atoms with Crippen LogP contribution in [-0.4, -0.2) is 24.3 Å². The summed E-state index contributed by atoms with van der Waals surface area (Å²) >= 11 is 0. The van der Waals surface area contributed by atoms with E-state index in [0.29, 0.717) is 6.61 Å². The van der Waals surface area contributed by atoms with Crippen LogP contribution in [0.25, 0.3) is 0 Å². The van der Waals surface area contributed by atoms with E-state index in [-0.39, 0.29) is 0 Å². The summed E-state index contributed by atoms with van der Waals surface area (Å²) in [5.41, 5.74) is 0. The number of nitrogens with one attached hydrogen (secondary N) is 1. The molecule has 88 valence electrons. The van der Waals surface area contributed by atoms with E-state index in [1.54, 1.807) is 0 Å². The Kier molecular flexibility index (Phi) is 3.68. The normalized spacial score (nSPS) is 44.6. The minimum Gasteiger partial charge on any atom is -0.396 e. The maximum absolute atomic E-state index is 8.82. The van der Waals surface area contributed by atoms with Crippen molar-refractivity contribution < 1.29 is 5.11 Å². The highest BCUT2D eigenvalue weighted by Gasteiger charge is 2.45. The molecular weight excluding hydrogens is 186 g/mol. The van der Waals surface area contributed by atoms with E-state index in [4.69, 9.17) is 5.11 Å². The molecule has 2 fully saturated rings. The first kappa shape index (κ1) is 11.4. The van der Waals surface area contributed by atoms with Gasteiger partial charge in [-0.15, -0.1) is 0 Å². The topological polar surface area (TPSA) is 42.2 Å². The summed E-state index contributed by atoms with van der Waals surface area (Å²) in [6.45, 7) is 6.45. The van der Waals surface area contributed by atoms with Crippen LogP contribution in [0.15, 0.2) is 0 Å². The van der Waals surface area contributed by atoms with Gasteiger partial charge in [-0.1, -0.05) is 26.7 Å². The van der Waals surface area contributed by atoms with Gasteiger partial charge in [-0.2, -0.15) is 0 Å². The molecule has 1 heterocycles. The molecule has 2 heteroatoms. The van der Waals surface area contributed by atoms with E-state index in [0.717, 1.165) is 36.1 Å². The fraction of sp³-hybridized carbons (Fsp3) is 1.00. The van der Waals surface area contributed by atoms with Crippen molar-refractivity contribution in [3.8, 4) is 0 Å². The van der Waals surface area contributed by atoms with Crippen molar-refractivity contribution in [3.05, 3.63) is 0 Å². The van der Waals surface area contributed by atoms with E-state index in [1.807, 2.05) is 0 Å². The molecule has 1 saturated heterocycles. The molecule has 1 saturated carbocycles. The SMILES string of the molecule is CC1CC(CCCCO)C([C@H]2CN2)C1C. The minimum atomic E-state index is 0.365. The summed E-state index contributed by atoms with van der Waals surface area (Å²) in [5, 5.41) is 12.3. The van der Waals surface area contributed by atoms with Crippen molar-refractivity contribution in [2.45, 2.75) is 45.6 Å². The Morgan fingerprint density at radius 3 is 2.60 bits per heavy atom. The van der Waals surface area contributed by atoms with Crippen molar-refractivity contribution in [2.75, 3.05) is 13.2 Å². The summed E-state index contributed by atoms with van der Waals surface area (Å²) in [7, 11) is 0. The molecule has 0 aromatic rings. The predicted octanol–water partition coefficient (Wildman–Crippen LogP) is 2.03. The molecule has 5 atom stereocenters. The molecule has 1 aliphatic carbocycles. The van der Waals surface area contributed by atoms with Crippen molar-refractivity contribution in [3.63, 3.8) is 0 Å². The van der Waals surface area contributed by atoms with Gasteiger partial charge >= 0.3 is 0 Å². The van der Waals surface area contributed by atoms with Crippen molar-refractivity contribution in [2.24, 2.45) is 23.7 Å². The monoisotopic (exact) mass is 211 g/mol. The zero-order chi connectivity index (χ0) is 10.8. The molecule has 0 radical (unpaired) electrons. The molecule has 2 nitrogen and oxygen atoms in total. The van der Waals surface area contributed by atoms with Crippen LogP contribution in [0.1, 0.15) is 39.5 Å². The lowest BCUT2D eigenvalue weighted by atomic mass is 9.84. The second-order valence-electron chi connectivity index (χ2n) is 5.64. The standard InChI is InChI=1S/C13H25NO/c1-9-7-11(5-3-4-6-15)13(10(9)2)12-8-14-12/h9-15H,3-8H2,1-2H3/t9?,10?,11?,12-,13?/m1/s1. The van der Waals surface area contributed by atoms with E-state index in [9.17, 15) is 0 Å². The zero-order valence-electron chi connectivity index (χ0n) is 10.1. The quantitative estimate of drug-likeness (QED) is 0.540. The highest BCUT2D eigenvalue weighted by molar-refractivity contribution is 5.00. The fourth-order valence-electron chi connectivity index (χ4n) is 3.52. The van der Waals surface area contributed by atoms with E-state index in [1.165, 1.54) is 25.8 Å². The zero-order valence-corrected chi connectivity index (χ0v) is 10.1. The van der Waals surface area contributed by atoms with Crippen molar-refractivity contribution in [1.29, 1.82) is 0 Å². The first-order valence-corrected chi connectivity index (χ1v) is 6.58. The molecule has 0 aromatic heterocycles. The van der Waals surface area contributed by atoms with E-state index >= 15 is 0 Å². The summed E-state index contributed by atoms with van der Waals surface area (Å²) in [6.07, 6.45) is 4.95. The third-order valence-electron chi connectivity index (χ3n) is 4.61. The van der Waals surface area contributed by atoms with Crippen LogP contribution in [0.5, 0.6) is 0 Å². The maximum atomic E-state index is 8.82. The Bertz CT molecular complexity index is 203. The number of aliphatic hydroxyl groups excluding tert-OH is 1. The molecule has 0 spiro atoms. The minimum absolute atomic E-state index is 0.365. The van der Waals surface area contributed by atoms with Crippen LogP contribution in [0.3, 0.4) is 0 Å². The maximum Gasteiger partial charge on any atom is 0.0431 e. The molecular formula is C13H25NO. The number of hydrogen-bond donors (Lipinski definition) is 2. The van der Waals surface area contributed by atoms with Gasteiger partial charge in [0, 0.05) is 19.2 Å². The molecule has 0 aromatic carbocycles. The number of aliphatic hydroxyl groups is 1. The first-order chi connectivity index (χ1) is 7.24. The fourth-order valence-corrected chi connectivity index (χ4v) is 3.52. The highest BCUT2D eigenvalue weighted by Crippen LogP contribution is 2.46. The molecule has 4 unspecified atom stereocenters. The molecule has 0 amide bonds. The predicted molar refractivity (Wildman–Crippen MR) is 62.7 cm³/mol. The lowest BCUT2D eigenvalue weighted by Gasteiger charge is -2.22. The van der Waals surface area contributed by atoms with Gasteiger partial charge in [0.1, 0.15) is 0 Å². The summed E-state index contributed by atoms with van der Waals surface area (Å²) < 4.78 is 0. The number of rotatable bonds is 5. The molecule has 0 bridgehead atoms. The van der Waals surface area contributed by atoms with Crippen LogP contribution in [0, 0.1) is 23.7 Å². The van der Waals surface area contributed by atoms with Crippen LogP contribution in [-0.2, 0) is 0 Å². The Labute approximate surface area is 93.5 Å². The van der Waals surface area contributed by atoms with Gasteiger partial charge in [-0.25, -0.2) is 0 Å². The van der Waals surface area contributed by atoms with Gasteiger partial charge in [0.25, 0.3) is 0 Å². The van der Waals surface area contributed by atoms with Crippen molar-refractivity contribution in [1.82, 2.24) is 5.32 Å². The van der Waals surface area contributed by atoms with Gasteiger partial charge in [-0.05, 0) is 36.5 Å². The molecule has 2 aliphatic rings. The Morgan fingerprint density at radius 2 is 2.00 bits per heavy atom. The molecule has 2 N–H and O–H groups in total. The van der Waals surface area contributed by atoms with Crippen LogP contribution < -0.4 is 5.32 Å². The van der Waals surface area contributed by atoms with E-state index < -0.39 is 0 Å². The van der Waals surface area contributed by atoms with Gasteiger partial charge in [0.2, 0.25) is 0 Å². The van der Waals surface area contributed by atoms with Gasteiger partial charge < -0.3 is 10.4 Å². The smallest absolute Gasteiger partial charge is 0.0431 e. The Morgan fingerprint density at radius 1 is 1.27 bits per heavy atom. The van der Waals surface area contributed by atoms with Crippen LogP contribution in [0.4, 0.5) is 0 Å². The van der Waals surface area contributed by atoms with Crippen LogP contribution >= 0.6 is 0 Å². The average molecular weight is 211 g/mol. The van der Waals surface area contributed by atoms with Crippen LogP contribution in [0.2, 0.25) is 0 Å². The number of unbranched alkanes of at least 4 members (excludes halogenated alkanes) is 1. The Hall–Kier alpha value is -0.0800. The third-order valence-corrected chi connectivity index (χ3v) is 4.61. The molecule has 2 rings (SSSR count). The van der Waals surface area contributed by atoms with Gasteiger partial charge in [0.15, 0.2) is 0 Å². The van der Waals surface area contributed by atoms with E-state index in [2.05, 4.69) is 19.2 Å². The van der Waals surface area contributed by atoms with Gasteiger partial charge in [0.05, 0.1) is 0 Å². The molecule has 15 heavy (non-hydrogen) atoms. The second kappa shape index (κ2) is 4.84. The number of hydrogen-bond acceptors (Lipinski definition) is 2. The highest BCUT2D eigenvalue weighted by atomic mass is 16.2. The second-order valence-corrected chi connectivity index (χ2v) is 5.64. The average Bonchev–Trinajstić information content (AvgIpc) is 2.98. The summed E-state index contributed by atoms with van der Waals surface area (Å²) in [4.78, 5) is 0. The first-order valence-electron chi connectivity index (χ1n) is 6.58. The lowest BCUT2D eigenvalue weighted by molar-refractivity contribution is 0.259. The summed E-state index contributed by atoms with van der Waals surface area (Å²) in [5.74, 6) is 3.63. The largest absolute Gasteiger partial charge is 0.396 e. The third kappa shape index (κ3) is 2.54. The summed E-state index contributed by atoms with van der Waals surface area (Å²) in [6, 6.07) is 0.823. The molecule has 1 aliphatic heterocycles. The lowest BCUT2D eigenvalue weighted by Crippen LogP contribution is -2.22. The van der Waals surface area contributed by atoms with Crippen molar-refractivity contribution >= 4 is 0 Å². The van der Waals surface area contributed by atoms with Gasteiger partial charge in [-0.3, -0.25) is 0 Å². The Balaban J connectivity index is 1.85.